The van der Waals surface area contributed by atoms with Gasteiger partial charge in [-0.25, -0.2) is 0 Å². The van der Waals surface area contributed by atoms with E-state index in [9.17, 15) is 0 Å². The molecule has 4 heteroatoms. The number of hydrogen-bond acceptors (Lipinski definition) is 4. The van der Waals surface area contributed by atoms with Crippen LogP contribution in [0.4, 0.5) is 0 Å². The van der Waals surface area contributed by atoms with Crippen molar-refractivity contribution in [3.05, 3.63) is 42.0 Å². The van der Waals surface area contributed by atoms with E-state index >= 15 is 0 Å². The molecule has 0 radical (unpaired) electrons. The lowest BCUT2D eigenvalue weighted by Gasteiger charge is -2.13. The third kappa shape index (κ3) is 4.63. The number of hydrogen-bond donors (Lipinski definition) is 2. The Bertz CT molecular complexity index is 433. The summed E-state index contributed by atoms with van der Waals surface area (Å²) < 4.78 is 10.6. The van der Waals surface area contributed by atoms with Gasteiger partial charge in [-0.15, -0.1) is 0 Å². The Morgan fingerprint density at radius 2 is 2.20 bits per heavy atom. The molecule has 0 aliphatic heterocycles. The molecule has 0 saturated heterocycles. The highest BCUT2D eigenvalue weighted by molar-refractivity contribution is 5.28. The van der Waals surface area contributed by atoms with Gasteiger partial charge in [0.05, 0.1) is 6.61 Å². The van der Waals surface area contributed by atoms with Crippen LogP contribution in [-0.4, -0.2) is 38.1 Å². The van der Waals surface area contributed by atoms with E-state index in [4.69, 9.17) is 14.6 Å². The molecule has 4 nitrogen and oxygen atoms in total. The molecule has 0 fully saturated rings. The molecule has 2 rings (SSSR count). The zero-order chi connectivity index (χ0) is 14.2. The van der Waals surface area contributed by atoms with Gasteiger partial charge in [0, 0.05) is 32.2 Å². The summed E-state index contributed by atoms with van der Waals surface area (Å²) >= 11 is 0. The standard InChI is InChI=1S/C16H23NO3/c1-19-7-8-20-16-4-2-3-13(10-16)11-17-15-6-5-14(9-15)12-18/h2-6,10,14-15,17-18H,7-9,11-12H2,1H3/t14-,15+/m0/s1. The number of aliphatic hydroxyl groups excluding tert-OH is 1. The van der Waals surface area contributed by atoms with E-state index in [0.717, 1.165) is 18.7 Å². The fourth-order valence-corrected chi connectivity index (χ4v) is 2.30. The number of aliphatic hydroxyl groups is 1. The molecule has 0 unspecified atom stereocenters. The minimum absolute atomic E-state index is 0.234. The molecular formula is C16H23NO3. The van der Waals surface area contributed by atoms with E-state index in [1.54, 1.807) is 7.11 Å². The first-order chi connectivity index (χ1) is 9.81. The van der Waals surface area contributed by atoms with E-state index in [0.29, 0.717) is 25.2 Å². The van der Waals surface area contributed by atoms with Crippen LogP contribution < -0.4 is 10.1 Å². The molecule has 0 saturated carbocycles. The number of nitrogens with one attached hydrogen (secondary N) is 1. The van der Waals surface area contributed by atoms with Gasteiger partial charge in [-0.2, -0.15) is 0 Å². The fourth-order valence-electron chi connectivity index (χ4n) is 2.30. The first kappa shape index (κ1) is 15.0. The van der Waals surface area contributed by atoms with Crippen molar-refractivity contribution in [2.75, 3.05) is 26.9 Å². The number of benzene rings is 1. The third-order valence-electron chi connectivity index (χ3n) is 3.43. The molecule has 0 bridgehead atoms. The summed E-state index contributed by atoms with van der Waals surface area (Å²) in [6.45, 7) is 2.20. The first-order valence-electron chi connectivity index (χ1n) is 7.05. The molecule has 1 aromatic carbocycles. The van der Waals surface area contributed by atoms with Crippen LogP contribution in [-0.2, 0) is 11.3 Å². The van der Waals surface area contributed by atoms with Crippen LogP contribution in [0.1, 0.15) is 12.0 Å². The molecule has 0 amide bonds. The molecule has 110 valence electrons. The van der Waals surface area contributed by atoms with Crippen molar-refractivity contribution in [2.45, 2.75) is 19.0 Å². The molecule has 2 N–H and O–H groups in total. The average Bonchev–Trinajstić information content (AvgIpc) is 2.94. The van der Waals surface area contributed by atoms with Gasteiger partial charge in [0.1, 0.15) is 12.4 Å². The van der Waals surface area contributed by atoms with E-state index in [-0.39, 0.29) is 6.61 Å². The van der Waals surface area contributed by atoms with Crippen molar-refractivity contribution >= 4 is 0 Å². The van der Waals surface area contributed by atoms with Gasteiger partial charge in [0.2, 0.25) is 0 Å². The largest absolute Gasteiger partial charge is 0.491 e. The van der Waals surface area contributed by atoms with Gasteiger partial charge in [-0.3, -0.25) is 0 Å². The van der Waals surface area contributed by atoms with Gasteiger partial charge < -0.3 is 19.9 Å². The summed E-state index contributed by atoms with van der Waals surface area (Å²) in [4.78, 5) is 0. The Kier molecular flexibility index (Phi) is 6.05. The van der Waals surface area contributed by atoms with Crippen LogP contribution in [0.15, 0.2) is 36.4 Å². The van der Waals surface area contributed by atoms with Gasteiger partial charge in [0.25, 0.3) is 0 Å². The predicted octanol–water partition coefficient (Wildman–Crippen LogP) is 1.74. The quantitative estimate of drug-likeness (QED) is 0.561. The Hall–Kier alpha value is -1.36. The summed E-state index contributed by atoms with van der Waals surface area (Å²) in [6, 6.07) is 8.44. The van der Waals surface area contributed by atoms with E-state index < -0.39 is 0 Å². The number of rotatable bonds is 8. The summed E-state index contributed by atoms with van der Waals surface area (Å²) in [6.07, 6.45) is 5.20. The lowest BCUT2D eigenvalue weighted by molar-refractivity contribution is 0.146. The first-order valence-corrected chi connectivity index (χ1v) is 7.05. The van der Waals surface area contributed by atoms with Gasteiger partial charge in [0.15, 0.2) is 0 Å². The average molecular weight is 277 g/mol. The third-order valence-corrected chi connectivity index (χ3v) is 3.43. The highest BCUT2D eigenvalue weighted by Gasteiger charge is 2.17. The molecular weight excluding hydrogens is 254 g/mol. The van der Waals surface area contributed by atoms with Crippen molar-refractivity contribution < 1.29 is 14.6 Å². The fraction of sp³-hybridized carbons (Fsp3) is 0.500. The topological polar surface area (TPSA) is 50.7 Å². The van der Waals surface area contributed by atoms with Crippen molar-refractivity contribution in [1.29, 1.82) is 0 Å². The zero-order valence-electron chi connectivity index (χ0n) is 11.9. The van der Waals surface area contributed by atoms with Gasteiger partial charge >= 0.3 is 0 Å². The summed E-state index contributed by atoms with van der Waals surface area (Å²) in [5.41, 5.74) is 1.20. The molecule has 0 heterocycles. The Morgan fingerprint density at radius 1 is 1.30 bits per heavy atom. The summed E-state index contributed by atoms with van der Waals surface area (Å²) in [5.74, 6) is 1.17. The van der Waals surface area contributed by atoms with Crippen molar-refractivity contribution in [1.82, 2.24) is 5.32 Å². The van der Waals surface area contributed by atoms with Crippen LogP contribution in [0.5, 0.6) is 5.75 Å². The van der Waals surface area contributed by atoms with Crippen LogP contribution in [0.2, 0.25) is 0 Å². The lowest BCUT2D eigenvalue weighted by atomic mass is 10.1. The molecule has 0 spiro atoms. The molecule has 1 aliphatic rings. The molecule has 1 aliphatic carbocycles. The minimum Gasteiger partial charge on any atom is -0.491 e. The van der Waals surface area contributed by atoms with Crippen LogP contribution >= 0.6 is 0 Å². The normalized spacial score (nSPS) is 21.3. The maximum atomic E-state index is 9.10. The van der Waals surface area contributed by atoms with E-state index in [2.05, 4.69) is 23.5 Å². The maximum absolute atomic E-state index is 9.10. The minimum atomic E-state index is 0.234. The Labute approximate surface area is 120 Å². The summed E-state index contributed by atoms with van der Waals surface area (Å²) in [7, 11) is 1.67. The second kappa shape index (κ2) is 8.04. The second-order valence-corrected chi connectivity index (χ2v) is 5.04. The molecule has 1 aromatic rings. The van der Waals surface area contributed by atoms with E-state index in [1.807, 2.05) is 18.2 Å². The van der Waals surface area contributed by atoms with Crippen molar-refractivity contribution in [3.8, 4) is 5.75 Å². The monoisotopic (exact) mass is 277 g/mol. The van der Waals surface area contributed by atoms with Gasteiger partial charge in [-0.05, 0) is 24.1 Å². The van der Waals surface area contributed by atoms with Crippen LogP contribution in [0.25, 0.3) is 0 Å². The van der Waals surface area contributed by atoms with Gasteiger partial charge in [-0.1, -0.05) is 24.3 Å². The molecule has 20 heavy (non-hydrogen) atoms. The molecule has 0 aromatic heterocycles. The highest BCUT2D eigenvalue weighted by Crippen LogP contribution is 2.18. The smallest absolute Gasteiger partial charge is 0.119 e. The Balaban J connectivity index is 1.78. The lowest BCUT2D eigenvalue weighted by Crippen LogP contribution is -2.26. The van der Waals surface area contributed by atoms with Crippen molar-refractivity contribution in [2.24, 2.45) is 5.92 Å². The summed E-state index contributed by atoms with van der Waals surface area (Å²) in [5, 5.41) is 12.6. The van der Waals surface area contributed by atoms with Crippen molar-refractivity contribution in [3.63, 3.8) is 0 Å². The number of methoxy groups -OCH3 is 1. The van der Waals surface area contributed by atoms with Crippen LogP contribution in [0, 0.1) is 5.92 Å². The second-order valence-electron chi connectivity index (χ2n) is 5.04. The number of ether oxygens (including phenoxy) is 2. The highest BCUT2D eigenvalue weighted by atomic mass is 16.5. The maximum Gasteiger partial charge on any atom is 0.119 e. The van der Waals surface area contributed by atoms with E-state index in [1.165, 1.54) is 5.56 Å². The molecule has 2 atom stereocenters. The SMILES string of the molecule is COCCOc1cccc(CN[C@@H]2C=C[C@H](CO)C2)c1. The van der Waals surface area contributed by atoms with Crippen LogP contribution in [0.3, 0.4) is 0 Å². The Morgan fingerprint density at radius 3 is 2.95 bits per heavy atom. The zero-order valence-corrected chi connectivity index (χ0v) is 11.9. The predicted molar refractivity (Wildman–Crippen MR) is 78.8 cm³/mol.